The van der Waals surface area contributed by atoms with Crippen LogP contribution in [0.2, 0.25) is 0 Å². The number of carbonyl (C=O) groups excluding carboxylic acids is 1. The molecule has 0 unspecified atom stereocenters. The molecule has 178 valence electrons. The van der Waals surface area contributed by atoms with E-state index in [1.54, 1.807) is 26.0 Å². The Morgan fingerprint density at radius 2 is 1.68 bits per heavy atom. The molecule has 0 aliphatic carbocycles. The van der Waals surface area contributed by atoms with Gasteiger partial charge >= 0.3 is 0 Å². The lowest BCUT2D eigenvalue weighted by atomic mass is 10.2. The van der Waals surface area contributed by atoms with Crippen molar-refractivity contribution in [1.29, 1.82) is 0 Å². The predicted octanol–water partition coefficient (Wildman–Crippen LogP) is 3.86. The van der Waals surface area contributed by atoms with Crippen molar-refractivity contribution in [3.8, 4) is 5.75 Å². The Morgan fingerprint density at radius 1 is 1.03 bits per heavy atom. The molecule has 9 nitrogen and oxygen atoms in total. The number of hydrogen-bond acceptors (Lipinski definition) is 7. The first-order valence-corrected chi connectivity index (χ1v) is 12.7. The van der Waals surface area contributed by atoms with Gasteiger partial charge in [0.25, 0.3) is 15.9 Å². The standard InChI is InChI=1S/C22H22BrN5O4S2/c1-13-4-9-19(18(23)10-13)32-12-20(29)27-22(33)26-16-5-7-17(8-6-16)34(30,31)28-21-24-14(2)11-15(3)25-21/h4-11H,12H2,1-3H3,(H,24,25,28)(H2,26,27,29,33). The number of rotatable bonds is 7. The second-order valence-electron chi connectivity index (χ2n) is 7.33. The van der Waals surface area contributed by atoms with Crippen molar-refractivity contribution in [1.82, 2.24) is 15.3 Å². The molecule has 0 radical (unpaired) electrons. The van der Waals surface area contributed by atoms with Gasteiger partial charge in [0.2, 0.25) is 5.95 Å². The van der Waals surface area contributed by atoms with E-state index in [9.17, 15) is 13.2 Å². The highest BCUT2D eigenvalue weighted by molar-refractivity contribution is 9.10. The molecule has 0 atom stereocenters. The number of hydrogen-bond donors (Lipinski definition) is 3. The van der Waals surface area contributed by atoms with Crippen LogP contribution in [0.4, 0.5) is 11.6 Å². The van der Waals surface area contributed by atoms with Gasteiger partial charge in [0.15, 0.2) is 11.7 Å². The van der Waals surface area contributed by atoms with Crippen LogP contribution in [0.3, 0.4) is 0 Å². The molecule has 3 rings (SSSR count). The van der Waals surface area contributed by atoms with Crippen LogP contribution >= 0.6 is 28.1 Å². The van der Waals surface area contributed by atoms with Crippen molar-refractivity contribution in [2.24, 2.45) is 0 Å². The number of carbonyl (C=O) groups is 1. The molecule has 3 aromatic rings. The highest BCUT2D eigenvalue weighted by Crippen LogP contribution is 2.25. The van der Waals surface area contributed by atoms with Crippen molar-refractivity contribution in [3.63, 3.8) is 0 Å². The van der Waals surface area contributed by atoms with Gasteiger partial charge in [-0.15, -0.1) is 0 Å². The maximum Gasteiger partial charge on any atom is 0.264 e. The third-order valence-corrected chi connectivity index (χ3v) is 6.50. The highest BCUT2D eigenvalue weighted by Gasteiger charge is 2.16. The molecule has 3 N–H and O–H groups in total. The fraction of sp³-hybridized carbons (Fsp3) is 0.182. The summed E-state index contributed by atoms with van der Waals surface area (Å²) in [4.78, 5) is 20.3. The highest BCUT2D eigenvalue weighted by atomic mass is 79.9. The number of halogens is 1. The molecule has 0 saturated carbocycles. The second-order valence-corrected chi connectivity index (χ2v) is 10.3. The zero-order valence-electron chi connectivity index (χ0n) is 18.5. The van der Waals surface area contributed by atoms with E-state index in [2.05, 4.69) is 41.3 Å². The van der Waals surface area contributed by atoms with E-state index < -0.39 is 15.9 Å². The molecule has 0 saturated heterocycles. The lowest BCUT2D eigenvalue weighted by Crippen LogP contribution is -2.37. The van der Waals surface area contributed by atoms with Crippen LogP contribution in [0.1, 0.15) is 17.0 Å². The van der Waals surface area contributed by atoms with Gasteiger partial charge < -0.3 is 10.1 Å². The van der Waals surface area contributed by atoms with Gasteiger partial charge in [0.05, 0.1) is 9.37 Å². The quantitative estimate of drug-likeness (QED) is 0.370. The molecule has 1 heterocycles. The smallest absolute Gasteiger partial charge is 0.264 e. The van der Waals surface area contributed by atoms with Gasteiger partial charge in [-0.05, 0) is 96.9 Å². The predicted molar refractivity (Wildman–Crippen MR) is 137 cm³/mol. The average Bonchev–Trinajstić information content (AvgIpc) is 2.72. The third kappa shape index (κ3) is 7.20. The fourth-order valence-electron chi connectivity index (χ4n) is 2.86. The lowest BCUT2D eigenvalue weighted by molar-refractivity contribution is -0.121. The van der Waals surface area contributed by atoms with E-state index in [-0.39, 0.29) is 22.6 Å². The van der Waals surface area contributed by atoms with Crippen LogP contribution < -0.4 is 20.1 Å². The number of benzene rings is 2. The lowest BCUT2D eigenvalue weighted by Gasteiger charge is -2.12. The minimum atomic E-state index is -3.88. The van der Waals surface area contributed by atoms with Gasteiger partial charge in [-0.1, -0.05) is 6.07 Å². The molecule has 0 aliphatic heterocycles. The average molecular weight is 564 g/mol. The molecule has 2 aromatic carbocycles. The van der Waals surface area contributed by atoms with E-state index in [0.717, 1.165) is 10.0 Å². The molecular weight excluding hydrogens is 542 g/mol. The number of aromatic nitrogens is 2. The normalized spacial score (nSPS) is 10.9. The van der Waals surface area contributed by atoms with Crippen molar-refractivity contribution >= 4 is 60.8 Å². The summed E-state index contributed by atoms with van der Waals surface area (Å²) in [7, 11) is -3.88. The number of anilines is 2. The number of aryl methyl sites for hydroxylation is 3. The Bertz CT molecular complexity index is 1310. The molecular formula is C22H22BrN5O4S2. The summed E-state index contributed by atoms with van der Waals surface area (Å²) in [6, 6.07) is 13.1. The molecule has 0 spiro atoms. The molecule has 1 amide bonds. The van der Waals surface area contributed by atoms with Gasteiger partial charge in [-0.3, -0.25) is 10.1 Å². The number of nitrogens with one attached hydrogen (secondary N) is 3. The molecule has 1 aromatic heterocycles. The summed E-state index contributed by atoms with van der Waals surface area (Å²) in [6.45, 7) is 5.22. The SMILES string of the molecule is Cc1ccc(OCC(=O)NC(=S)Nc2ccc(S(=O)(=O)Nc3nc(C)cc(C)n3)cc2)c(Br)c1. The van der Waals surface area contributed by atoms with Crippen molar-refractivity contribution in [3.05, 3.63) is 70.0 Å². The van der Waals surface area contributed by atoms with Gasteiger partial charge in [0, 0.05) is 17.1 Å². The minimum Gasteiger partial charge on any atom is -0.483 e. The number of nitrogens with zero attached hydrogens (tertiary/aromatic N) is 2. The zero-order valence-corrected chi connectivity index (χ0v) is 21.8. The van der Waals surface area contributed by atoms with Gasteiger partial charge in [-0.2, -0.15) is 0 Å². The van der Waals surface area contributed by atoms with E-state index in [4.69, 9.17) is 17.0 Å². The topological polar surface area (TPSA) is 122 Å². The summed E-state index contributed by atoms with van der Waals surface area (Å²) in [5.41, 5.74) is 2.85. The Hall–Kier alpha value is -3.09. The molecule has 12 heteroatoms. The van der Waals surface area contributed by atoms with Gasteiger partial charge in [-0.25, -0.2) is 23.1 Å². The van der Waals surface area contributed by atoms with Gasteiger partial charge in [0.1, 0.15) is 5.75 Å². The first kappa shape index (κ1) is 25.5. The Balaban J connectivity index is 1.55. The van der Waals surface area contributed by atoms with Crippen molar-refractivity contribution in [2.45, 2.75) is 25.7 Å². The molecule has 0 bridgehead atoms. The van der Waals surface area contributed by atoms with Crippen LogP contribution in [0.25, 0.3) is 0 Å². The van der Waals surface area contributed by atoms with Crippen LogP contribution in [0.5, 0.6) is 5.75 Å². The fourth-order valence-corrected chi connectivity index (χ4v) is 4.64. The Labute approximate surface area is 211 Å². The maximum atomic E-state index is 12.6. The Kier molecular flexibility index (Phi) is 8.18. The summed E-state index contributed by atoms with van der Waals surface area (Å²) in [5.74, 6) is 0.0987. The molecule has 0 fully saturated rings. The first-order valence-electron chi connectivity index (χ1n) is 9.97. The van der Waals surface area contributed by atoms with Crippen LogP contribution in [0.15, 0.2) is 57.9 Å². The van der Waals surface area contributed by atoms with Crippen LogP contribution in [-0.4, -0.2) is 36.0 Å². The van der Waals surface area contributed by atoms with Crippen molar-refractivity contribution in [2.75, 3.05) is 16.6 Å². The van der Waals surface area contributed by atoms with E-state index in [1.165, 1.54) is 24.3 Å². The third-order valence-electron chi connectivity index (χ3n) is 4.33. The Morgan fingerprint density at radius 3 is 2.29 bits per heavy atom. The number of ether oxygens (including phenoxy) is 1. The van der Waals surface area contributed by atoms with E-state index in [0.29, 0.717) is 22.8 Å². The number of sulfonamides is 1. The minimum absolute atomic E-state index is 0.00322. The van der Waals surface area contributed by atoms with E-state index in [1.807, 2.05) is 19.1 Å². The summed E-state index contributed by atoms with van der Waals surface area (Å²) in [6.07, 6.45) is 0. The number of thiocarbonyl (C=S) groups is 1. The number of amides is 1. The van der Waals surface area contributed by atoms with Crippen LogP contribution in [0, 0.1) is 20.8 Å². The van der Waals surface area contributed by atoms with Crippen molar-refractivity contribution < 1.29 is 17.9 Å². The molecule has 0 aliphatic rings. The summed E-state index contributed by atoms with van der Waals surface area (Å²) >= 11 is 8.54. The summed E-state index contributed by atoms with van der Waals surface area (Å²) in [5, 5.41) is 5.39. The summed E-state index contributed by atoms with van der Waals surface area (Å²) < 4.78 is 33.8. The first-order chi connectivity index (χ1) is 16.0. The van der Waals surface area contributed by atoms with Crippen LogP contribution in [-0.2, 0) is 14.8 Å². The monoisotopic (exact) mass is 563 g/mol. The second kappa shape index (κ2) is 10.9. The maximum absolute atomic E-state index is 12.6. The van der Waals surface area contributed by atoms with E-state index >= 15 is 0 Å². The largest absolute Gasteiger partial charge is 0.483 e. The molecule has 34 heavy (non-hydrogen) atoms. The zero-order chi connectivity index (χ0) is 24.9.